The number of phosphoric acid groups is 1. The third-order valence-corrected chi connectivity index (χ3v) is 12.9. The maximum absolute atomic E-state index is 12.7. The summed E-state index contributed by atoms with van der Waals surface area (Å²) >= 11 is 0. The second kappa shape index (κ2) is 45.1. The summed E-state index contributed by atoms with van der Waals surface area (Å²) in [6.45, 7) is 5.50. The Morgan fingerprint density at radius 2 is 0.767 bits per heavy atom. The van der Waals surface area contributed by atoms with Gasteiger partial charge in [0, 0.05) is 13.0 Å². The topological polar surface area (TPSA) is 94.1 Å². The van der Waals surface area contributed by atoms with Gasteiger partial charge in [0.15, 0.2) is 0 Å². The van der Waals surface area contributed by atoms with Crippen molar-refractivity contribution >= 4 is 13.8 Å². The predicted molar refractivity (Wildman–Crippen MR) is 255 cm³/mol. The fourth-order valence-corrected chi connectivity index (χ4v) is 8.57. The van der Waals surface area contributed by atoms with Gasteiger partial charge in [0.05, 0.1) is 34.4 Å². The lowest BCUT2D eigenvalue weighted by atomic mass is 10.0. The molecule has 0 aliphatic carbocycles. The summed E-state index contributed by atoms with van der Waals surface area (Å²) in [5.41, 5.74) is 0. The molecule has 60 heavy (non-hydrogen) atoms. The van der Waals surface area contributed by atoms with Crippen LogP contribution in [0.1, 0.15) is 264 Å². The zero-order valence-corrected chi connectivity index (χ0v) is 41.8. The zero-order chi connectivity index (χ0) is 44.1. The summed E-state index contributed by atoms with van der Waals surface area (Å²) in [5.74, 6) is -0.325. The first kappa shape index (κ1) is 59.5. The lowest BCUT2D eigenvalue weighted by molar-refractivity contribution is -0.870. The van der Waals surface area contributed by atoms with E-state index in [1.54, 1.807) is 0 Å². The number of hydrogen-bond donors (Lipinski definition) is 0. The van der Waals surface area contributed by atoms with Crippen LogP contribution in [-0.4, -0.2) is 70.7 Å². The monoisotopic (exact) mass is 874 g/mol. The molecular weight excluding hydrogens is 770 g/mol. The van der Waals surface area contributed by atoms with Gasteiger partial charge in [-0.15, -0.1) is 0 Å². The Balaban J connectivity index is 4.07. The first-order valence-corrected chi connectivity index (χ1v) is 27.7. The molecule has 2 atom stereocenters. The maximum Gasteiger partial charge on any atom is 0.306 e. The summed E-state index contributed by atoms with van der Waals surface area (Å²) in [6, 6.07) is 0. The number of esters is 1. The smallest absolute Gasteiger partial charge is 0.306 e. The predicted octanol–water partition coefficient (Wildman–Crippen LogP) is 15.4. The van der Waals surface area contributed by atoms with Crippen LogP contribution in [0.4, 0.5) is 0 Å². The molecule has 2 unspecified atom stereocenters. The van der Waals surface area contributed by atoms with Crippen molar-refractivity contribution in [1.82, 2.24) is 0 Å². The molecule has 0 aromatic rings. The molecule has 0 saturated carbocycles. The van der Waals surface area contributed by atoms with E-state index < -0.39 is 13.9 Å². The van der Waals surface area contributed by atoms with E-state index in [-0.39, 0.29) is 25.8 Å². The second-order valence-electron chi connectivity index (χ2n) is 19.3. The van der Waals surface area contributed by atoms with Gasteiger partial charge < -0.3 is 27.9 Å². The van der Waals surface area contributed by atoms with Crippen LogP contribution >= 0.6 is 7.82 Å². The highest BCUT2D eigenvalue weighted by atomic mass is 31.2. The SMILES string of the molecule is CCCCCCCCCCCCCCCCCCCCCCCC(=O)OC(COCCCCCCCCCCCCCCCCCCC)COP(=O)([O-])OCC[N+](C)(C)C. The molecule has 0 bridgehead atoms. The first-order chi connectivity index (χ1) is 29.1. The summed E-state index contributed by atoms with van der Waals surface area (Å²) in [7, 11) is 1.38. The van der Waals surface area contributed by atoms with Gasteiger partial charge in [0.25, 0.3) is 7.82 Å². The Morgan fingerprint density at radius 3 is 1.10 bits per heavy atom. The summed E-state index contributed by atoms with van der Waals surface area (Å²) in [6.07, 6.45) is 49.8. The highest BCUT2D eigenvalue weighted by Gasteiger charge is 2.20. The van der Waals surface area contributed by atoms with E-state index in [4.69, 9.17) is 18.5 Å². The Kier molecular flexibility index (Phi) is 44.7. The van der Waals surface area contributed by atoms with Crippen LogP contribution in [0.3, 0.4) is 0 Å². The number of likely N-dealkylation sites (N-methyl/N-ethyl adjacent to an activating group) is 1. The van der Waals surface area contributed by atoms with Crippen LogP contribution in [0.5, 0.6) is 0 Å². The molecule has 360 valence electrons. The van der Waals surface area contributed by atoms with Crippen molar-refractivity contribution in [2.75, 3.05) is 54.1 Å². The number of phosphoric ester groups is 1. The van der Waals surface area contributed by atoms with Crippen molar-refractivity contribution in [3.05, 3.63) is 0 Å². The number of quaternary nitrogens is 1. The van der Waals surface area contributed by atoms with Crippen molar-refractivity contribution in [3.8, 4) is 0 Å². The molecule has 8 nitrogen and oxygen atoms in total. The van der Waals surface area contributed by atoms with Crippen molar-refractivity contribution in [3.63, 3.8) is 0 Å². The lowest BCUT2D eigenvalue weighted by Gasteiger charge is -2.28. The van der Waals surface area contributed by atoms with Gasteiger partial charge >= 0.3 is 5.97 Å². The standard InChI is InChI=1S/C51H104NO7P/c1-6-8-10-12-14-16-18-20-22-24-25-26-27-28-30-32-34-36-38-40-42-44-51(53)59-50(49-58-60(54,55)57-47-45-52(3,4)5)48-56-46-43-41-39-37-35-33-31-29-23-21-19-17-15-13-11-9-7-2/h50H,6-49H2,1-5H3. The Labute approximate surface area is 374 Å². The highest BCUT2D eigenvalue weighted by Crippen LogP contribution is 2.38. The van der Waals surface area contributed by atoms with Crippen LogP contribution in [0.15, 0.2) is 0 Å². The first-order valence-electron chi connectivity index (χ1n) is 26.3. The van der Waals surface area contributed by atoms with Gasteiger partial charge in [-0.25, -0.2) is 0 Å². The molecule has 0 fully saturated rings. The van der Waals surface area contributed by atoms with Crippen molar-refractivity contribution < 1.29 is 37.3 Å². The molecule has 0 N–H and O–H groups in total. The van der Waals surface area contributed by atoms with Gasteiger partial charge in [-0.2, -0.15) is 0 Å². The highest BCUT2D eigenvalue weighted by molar-refractivity contribution is 7.45. The molecule has 9 heteroatoms. The van der Waals surface area contributed by atoms with Gasteiger partial charge in [-0.05, 0) is 12.8 Å². The van der Waals surface area contributed by atoms with E-state index in [0.717, 1.165) is 32.1 Å². The normalized spacial score (nSPS) is 13.5. The minimum absolute atomic E-state index is 0.0318. The van der Waals surface area contributed by atoms with Crippen molar-refractivity contribution in [2.45, 2.75) is 270 Å². The third-order valence-electron chi connectivity index (χ3n) is 11.9. The minimum Gasteiger partial charge on any atom is -0.756 e. The lowest BCUT2D eigenvalue weighted by Crippen LogP contribution is -2.37. The van der Waals surface area contributed by atoms with Crippen LogP contribution in [0.25, 0.3) is 0 Å². The number of rotatable bonds is 50. The molecule has 0 aromatic carbocycles. The van der Waals surface area contributed by atoms with Crippen LogP contribution in [0, 0.1) is 0 Å². The molecular formula is C51H104NO7P. The van der Waals surface area contributed by atoms with E-state index in [9.17, 15) is 14.3 Å². The average molecular weight is 874 g/mol. The Morgan fingerprint density at radius 1 is 0.450 bits per heavy atom. The number of hydrogen-bond acceptors (Lipinski definition) is 7. The molecule has 0 radical (unpaired) electrons. The number of carbonyl (C=O) groups excluding carboxylic acids is 1. The molecule has 0 aromatic heterocycles. The largest absolute Gasteiger partial charge is 0.756 e. The van der Waals surface area contributed by atoms with E-state index in [1.165, 1.54) is 212 Å². The van der Waals surface area contributed by atoms with Gasteiger partial charge in [0.1, 0.15) is 19.3 Å². The van der Waals surface area contributed by atoms with E-state index in [0.29, 0.717) is 24.1 Å². The Bertz CT molecular complexity index is 930. The number of nitrogens with zero attached hydrogens (tertiary/aromatic N) is 1. The Hall–Kier alpha value is -0.500. The minimum atomic E-state index is -4.52. The number of ether oxygens (including phenoxy) is 2. The molecule has 0 rings (SSSR count). The number of unbranched alkanes of at least 4 members (excludes halogenated alkanes) is 36. The third kappa shape index (κ3) is 48.5. The summed E-state index contributed by atoms with van der Waals surface area (Å²) in [5, 5.41) is 0. The van der Waals surface area contributed by atoms with E-state index in [2.05, 4.69) is 13.8 Å². The van der Waals surface area contributed by atoms with Gasteiger partial charge in [-0.3, -0.25) is 9.36 Å². The average Bonchev–Trinajstić information content (AvgIpc) is 3.20. The van der Waals surface area contributed by atoms with Gasteiger partial charge in [0.2, 0.25) is 0 Å². The van der Waals surface area contributed by atoms with E-state index >= 15 is 0 Å². The fourth-order valence-electron chi connectivity index (χ4n) is 7.84. The second-order valence-corrected chi connectivity index (χ2v) is 20.7. The van der Waals surface area contributed by atoms with Crippen LogP contribution in [-0.2, 0) is 27.9 Å². The summed E-state index contributed by atoms with van der Waals surface area (Å²) < 4.78 is 34.8. The van der Waals surface area contributed by atoms with E-state index in [1.807, 2.05) is 21.1 Å². The molecule has 0 aliphatic rings. The van der Waals surface area contributed by atoms with Crippen LogP contribution in [0.2, 0.25) is 0 Å². The number of carbonyl (C=O) groups is 1. The molecule has 0 saturated heterocycles. The fraction of sp³-hybridized carbons (Fsp3) is 0.980. The molecule has 0 spiro atoms. The van der Waals surface area contributed by atoms with Crippen molar-refractivity contribution in [1.29, 1.82) is 0 Å². The van der Waals surface area contributed by atoms with Crippen molar-refractivity contribution in [2.24, 2.45) is 0 Å². The summed E-state index contributed by atoms with van der Waals surface area (Å²) in [4.78, 5) is 25.2. The quantitative estimate of drug-likeness (QED) is 0.0260. The van der Waals surface area contributed by atoms with Gasteiger partial charge in [-0.1, -0.05) is 245 Å². The maximum atomic E-state index is 12.7. The molecule has 0 heterocycles. The zero-order valence-electron chi connectivity index (χ0n) is 40.9. The molecule has 0 amide bonds. The van der Waals surface area contributed by atoms with Crippen LogP contribution < -0.4 is 4.89 Å². The molecule has 0 aliphatic heterocycles.